The monoisotopic (exact) mass is 267 g/mol. The smallest absolute Gasteiger partial charge is 0.256 e. The second kappa shape index (κ2) is 5.54. The van der Waals surface area contributed by atoms with Gasteiger partial charge in [-0.25, -0.2) is 4.39 Å². The highest BCUT2D eigenvalue weighted by Gasteiger charge is 2.28. The van der Waals surface area contributed by atoms with E-state index in [1.807, 2.05) is 13.8 Å². The van der Waals surface area contributed by atoms with Crippen molar-refractivity contribution < 1.29 is 13.9 Å². The van der Waals surface area contributed by atoms with E-state index in [1.165, 1.54) is 12.1 Å². The summed E-state index contributed by atoms with van der Waals surface area (Å²) >= 11 is 0. The standard InChI is InChI=1S/C13H18FN3O2/c1-8-6-17(7-9(2)19-8)13(18)10-4-3-5-11(14)12(10)16-15/h3-5,8-9,16H,6-7,15H2,1-2H3/t8-,9+. The summed E-state index contributed by atoms with van der Waals surface area (Å²) in [6.07, 6.45) is -0.0638. The van der Waals surface area contributed by atoms with Gasteiger partial charge in [-0.3, -0.25) is 10.6 Å². The van der Waals surface area contributed by atoms with Crippen molar-refractivity contribution in [3.05, 3.63) is 29.6 Å². The van der Waals surface area contributed by atoms with Gasteiger partial charge in [0, 0.05) is 13.1 Å². The fourth-order valence-corrected chi connectivity index (χ4v) is 2.36. The van der Waals surface area contributed by atoms with Crippen molar-refractivity contribution in [3.8, 4) is 0 Å². The van der Waals surface area contributed by atoms with E-state index in [0.717, 1.165) is 0 Å². The minimum Gasteiger partial charge on any atom is -0.372 e. The van der Waals surface area contributed by atoms with Crippen LogP contribution in [0.25, 0.3) is 0 Å². The Bertz CT molecular complexity index is 471. The number of nitrogen functional groups attached to an aromatic ring is 1. The van der Waals surface area contributed by atoms with Crippen molar-refractivity contribution in [2.75, 3.05) is 18.5 Å². The predicted octanol–water partition coefficient (Wildman–Crippen LogP) is 1.36. The van der Waals surface area contributed by atoms with Crippen molar-refractivity contribution in [3.63, 3.8) is 0 Å². The molecule has 0 unspecified atom stereocenters. The Kier molecular flexibility index (Phi) is 4.01. The van der Waals surface area contributed by atoms with Gasteiger partial charge in [-0.2, -0.15) is 0 Å². The lowest BCUT2D eigenvalue weighted by Gasteiger charge is -2.35. The molecule has 1 heterocycles. The molecule has 3 N–H and O–H groups in total. The van der Waals surface area contributed by atoms with Gasteiger partial charge in [-0.05, 0) is 26.0 Å². The summed E-state index contributed by atoms with van der Waals surface area (Å²) in [7, 11) is 0. The highest BCUT2D eigenvalue weighted by molar-refractivity contribution is 5.99. The van der Waals surface area contributed by atoms with Gasteiger partial charge < -0.3 is 15.1 Å². The molecule has 0 radical (unpaired) electrons. The summed E-state index contributed by atoms with van der Waals surface area (Å²) < 4.78 is 19.2. The quantitative estimate of drug-likeness (QED) is 0.627. The average molecular weight is 267 g/mol. The predicted molar refractivity (Wildman–Crippen MR) is 70.1 cm³/mol. The largest absolute Gasteiger partial charge is 0.372 e. The minimum absolute atomic E-state index is 0.0271. The van der Waals surface area contributed by atoms with Crippen LogP contribution in [0, 0.1) is 5.82 Å². The number of nitrogens with one attached hydrogen (secondary N) is 1. The molecule has 1 aliphatic heterocycles. The van der Waals surface area contributed by atoms with Crippen LogP contribution in [0.4, 0.5) is 10.1 Å². The second-order valence-corrected chi connectivity index (χ2v) is 4.77. The Labute approximate surface area is 111 Å². The molecule has 0 aromatic heterocycles. The molecule has 6 heteroatoms. The van der Waals surface area contributed by atoms with Crippen LogP contribution in [-0.2, 0) is 4.74 Å². The summed E-state index contributed by atoms with van der Waals surface area (Å²) in [5.41, 5.74) is 2.52. The zero-order valence-corrected chi connectivity index (χ0v) is 11.0. The molecule has 0 spiro atoms. The molecule has 0 aliphatic carbocycles. The molecule has 0 bridgehead atoms. The Morgan fingerprint density at radius 1 is 1.42 bits per heavy atom. The van der Waals surface area contributed by atoms with E-state index in [1.54, 1.807) is 11.0 Å². The molecular formula is C13H18FN3O2. The Hall–Kier alpha value is -1.66. The molecular weight excluding hydrogens is 249 g/mol. The Balaban J connectivity index is 2.26. The third kappa shape index (κ3) is 2.85. The molecule has 2 atom stereocenters. The van der Waals surface area contributed by atoms with Gasteiger partial charge in [-0.1, -0.05) is 6.07 Å². The van der Waals surface area contributed by atoms with Crippen LogP contribution in [0.3, 0.4) is 0 Å². The first-order valence-corrected chi connectivity index (χ1v) is 6.22. The number of carbonyl (C=O) groups excluding carboxylic acids is 1. The highest BCUT2D eigenvalue weighted by atomic mass is 19.1. The number of benzene rings is 1. The van der Waals surface area contributed by atoms with Crippen LogP contribution >= 0.6 is 0 Å². The lowest BCUT2D eigenvalue weighted by Crippen LogP contribution is -2.48. The average Bonchev–Trinajstić information content (AvgIpc) is 2.36. The number of carbonyl (C=O) groups is 1. The van der Waals surface area contributed by atoms with E-state index in [4.69, 9.17) is 10.6 Å². The molecule has 1 aromatic carbocycles. The van der Waals surface area contributed by atoms with Crippen molar-refractivity contribution in [1.29, 1.82) is 0 Å². The molecule has 0 saturated carbocycles. The van der Waals surface area contributed by atoms with E-state index in [2.05, 4.69) is 5.43 Å². The maximum atomic E-state index is 13.6. The maximum Gasteiger partial charge on any atom is 0.256 e. The van der Waals surface area contributed by atoms with E-state index in [0.29, 0.717) is 13.1 Å². The number of anilines is 1. The number of halogens is 1. The topological polar surface area (TPSA) is 67.6 Å². The number of nitrogens with zero attached hydrogens (tertiary/aromatic N) is 1. The fourth-order valence-electron chi connectivity index (χ4n) is 2.36. The molecule has 1 aromatic rings. The Morgan fingerprint density at radius 2 is 2.05 bits per heavy atom. The normalized spacial score (nSPS) is 23.3. The van der Waals surface area contributed by atoms with E-state index in [9.17, 15) is 9.18 Å². The first-order valence-electron chi connectivity index (χ1n) is 6.22. The summed E-state index contributed by atoms with van der Waals surface area (Å²) in [6, 6.07) is 4.32. The summed E-state index contributed by atoms with van der Waals surface area (Å²) in [4.78, 5) is 14.1. The first-order chi connectivity index (χ1) is 9.02. The Morgan fingerprint density at radius 3 is 2.63 bits per heavy atom. The SMILES string of the molecule is C[C@@H]1CN(C(=O)c2cccc(F)c2NN)C[C@H](C)O1. The van der Waals surface area contributed by atoms with Crippen LogP contribution in [0.2, 0.25) is 0 Å². The van der Waals surface area contributed by atoms with Crippen LogP contribution in [0.5, 0.6) is 0 Å². The van der Waals surface area contributed by atoms with Crippen LogP contribution < -0.4 is 11.3 Å². The zero-order chi connectivity index (χ0) is 14.0. The van der Waals surface area contributed by atoms with Gasteiger partial charge in [-0.15, -0.1) is 0 Å². The third-order valence-electron chi connectivity index (χ3n) is 3.10. The number of rotatable bonds is 2. The molecule has 1 saturated heterocycles. The van der Waals surface area contributed by atoms with Crippen molar-refractivity contribution in [2.45, 2.75) is 26.1 Å². The molecule has 19 heavy (non-hydrogen) atoms. The first kappa shape index (κ1) is 13.8. The van der Waals surface area contributed by atoms with Gasteiger partial charge in [0.25, 0.3) is 5.91 Å². The number of para-hydroxylation sites is 1. The summed E-state index contributed by atoms with van der Waals surface area (Å²) in [5.74, 6) is 4.51. The number of hydrogen-bond donors (Lipinski definition) is 2. The molecule has 1 fully saturated rings. The summed E-state index contributed by atoms with van der Waals surface area (Å²) in [6.45, 7) is 4.79. The van der Waals surface area contributed by atoms with Crippen molar-refractivity contribution in [1.82, 2.24) is 4.90 Å². The maximum absolute atomic E-state index is 13.6. The van der Waals surface area contributed by atoms with Gasteiger partial charge in [0.15, 0.2) is 0 Å². The van der Waals surface area contributed by atoms with Gasteiger partial charge >= 0.3 is 0 Å². The fraction of sp³-hybridized carbons (Fsp3) is 0.462. The lowest BCUT2D eigenvalue weighted by atomic mass is 10.1. The third-order valence-corrected chi connectivity index (χ3v) is 3.10. The molecule has 1 amide bonds. The van der Waals surface area contributed by atoms with Crippen molar-refractivity contribution >= 4 is 11.6 Å². The molecule has 104 valence electrons. The zero-order valence-electron chi connectivity index (χ0n) is 11.0. The number of morpholine rings is 1. The number of hydrazine groups is 1. The van der Waals surface area contributed by atoms with E-state index < -0.39 is 5.82 Å². The number of hydrogen-bond acceptors (Lipinski definition) is 4. The van der Waals surface area contributed by atoms with Gasteiger partial charge in [0.05, 0.1) is 23.5 Å². The molecule has 2 rings (SSSR count). The van der Waals surface area contributed by atoms with Gasteiger partial charge in [0.1, 0.15) is 5.82 Å². The minimum atomic E-state index is -0.539. The van der Waals surface area contributed by atoms with Crippen LogP contribution in [0.1, 0.15) is 24.2 Å². The van der Waals surface area contributed by atoms with E-state index >= 15 is 0 Å². The van der Waals surface area contributed by atoms with Gasteiger partial charge in [0.2, 0.25) is 0 Å². The number of nitrogens with two attached hydrogens (primary N) is 1. The van der Waals surface area contributed by atoms with Crippen molar-refractivity contribution in [2.24, 2.45) is 5.84 Å². The summed E-state index contributed by atoms with van der Waals surface area (Å²) in [5, 5.41) is 0. The molecule has 1 aliphatic rings. The van der Waals surface area contributed by atoms with Crippen LogP contribution in [-0.4, -0.2) is 36.1 Å². The lowest BCUT2D eigenvalue weighted by molar-refractivity contribution is -0.0586. The van der Waals surface area contributed by atoms with E-state index in [-0.39, 0.29) is 29.4 Å². The second-order valence-electron chi connectivity index (χ2n) is 4.77. The highest BCUT2D eigenvalue weighted by Crippen LogP contribution is 2.22. The molecule has 5 nitrogen and oxygen atoms in total. The van der Waals surface area contributed by atoms with Crippen LogP contribution in [0.15, 0.2) is 18.2 Å². The number of amides is 1. The number of ether oxygens (including phenoxy) is 1.